The zero-order valence-corrected chi connectivity index (χ0v) is 35.8. The number of aromatic nitrogens is 4. The quantitative estimate of drug-likeness (QED) is 0.160. The van der Waals surface area contributed by atoms with Crippen molar-refractivity contribution >= 4 is 49.8 Å². The van der Waals surface area contributed by atoms with Crippen molar-refractivity contribution in [3.8, 4) is 73.0 Å². The van der Waals surface area contributed by atoms with Gasteiger partial charge in [-0.25, -0.2) is 15.0 Å². The fourth-order valence-electron chi connectivity index (χ4n) is 9.87. The molecule has 0 aliphatic carbocycles. The highest BCUT2D eigenvalue weighted by atomic mass is 15.2. The van der Waals surface area contributed by atoms with Gasteiger partial charge in [0.25, 0.3) is 0 Å². The summed E-state index contributed by atoms with van der Waals surface area (Å²) in [5.74, 6) is 1.69. The lowest BCUT2D eigenvalue weighted by atomic mass is 9.90. The van der Waals surface area contributed by atoms with Crippen LogP contribution in [0, 0.1) is 0 Å². The van der Waals surface area contributed by atoms with E-state index in [9.17, 15) is 0 Å². The van der Waals surface area contributed by atoms with E-state index in [0.717, 1.165) is 106 Å². The van der Waals surface area contributed by atoms with E-state index >= 15 is 0 Å². The monoisotopic (exact) mass is 841 g/mol. The molecule has 0 N–H and O–H groups in total. The van der Waals surface area contributed by atoms with Crippen LogP contribution >= 0.6 is 0 Å². The van der Waals surface area contributed by atoms with Crippen LogP contribution in [0.1, 0.15) is 0 Å². The second kappa shape index (κ2) is 15.4. The van der Waals surface area contributed by atoms with Crippen LogP contribution in [-0.2, 0) is 0 Å². The molecule has 8 aromatic carbocycles. The Balaban J connectivity index is 1.09. The average molecular weight is 842 g/mol. The molecule has 0 unspecified atom stereocenters. The van der Waals surface area contributed by atoms with Crippen LogP contribution in [0.25, 0.3) is 106 Å². The molecule has 4 aromatic heterocycles. The number of hydrogen-bond acceptors (Lipinski definition) is 4. The molecule has 13 rings (SSSR count). The minimum Gasteiger partial charge on any atom is -0.294 e. The second-order valence-electron chi connectivity index (χ2n) is 16.8. The summed E-state index contributed by atoms with van der Waals surface area (Å²) >= 11 is 0. The van der Waals surface area contributed by atoms with Gasteiger partial charge in [0.1, 0.15) is 11.6 Å². The van der Waals surface area contributed by atoms with Gasteiger partial charge in [-0.1, -0.05) is 164 Å². The topological polar surface area (TPSA) is 46.8 Å². The van der Waals surface area contributed by atoms with Gasteiger partial charge in [0.2, 0.25) is 0 Å². The van der Waals surface area contributed by atoms with E-state index in [1.807, 2.05) is 18.3 Å². The lowest BCUT2D eigenvalue weighted by molar-refractivity contribution is 1.08. The van der Waals surface area contributed by atoms with E-state index in [0.29, 0.717) is 0 Å². The molecule has 0 atom stereocenters. The highest BCUT2D eigenvalue weighted by Gasteiger charge is 2.30. The Morgan fingerprint density at radius 1 is 0.318 bits per heavy atom. The summed E-state index contributed by atoms with van der Waals surface area (Å²) in [4.78, 5) is 18.2. The third-order valence-corrected chi connectivity index (χ3v) is 12.9. The lowest BCUT2D eigenvalue weighted by Crippen LogP contribution is -2.17. The van der Waals surface area contributed by atoms with E-state index in [1.54, 1.807) is 0 Å². The molecular weight excluding hydrogens is 803 g/mol. The highest BCUT2D eigenvalue weighted by molar-refractivity contribution is 6.19. The van der Waals surface area contributed by atoms with E-state index in [4.69, 9.17) is 15.0 Å². The predicted octanol–water partition coefficient (Wildman–Crippen LogP) is 15.9. The molecule has 0 spiro atoms. The normalized spacial score (nSPS) is 11.9. The zero-order chi connectivity index (χ0) is 43.6. The van der Waals surface area contributed by atoms with E-state index < -0.39 is 0 Å². The van der Waals surface area contributed by atoms with Gasteiger partial charge < -0.3 is 0 Å². The number of nitrogens with zero attached hydrogens (tertiary/aromatic N) is 5. The van der Waals surface area contributed by atoms with E-state index in [1.165, 1.54) is 16.3 Å². The maximum atomic E-state index is 5.52. The maximum absolute atomic E-state index is 5.52. The van der Waals surface area contributed by atoms with Crippen LogP contribution in [0.15, 0.2) is 237 Å². The first kappa shape index (κ1) is 37.6. The molecular formula is C61H39N5. The molecule has 0 saturated heterocycles. The summed E-state index contributed by atoms with van der Waals surface area (Å²) in [6.45, 7) is 0. The van der Waals surface area contributed by atoms with E-state index in [2.05, 4.69) is 228 Å². The van der Waals surface area contributed by atoms with Crippen LogP contribution in [0.3, 0.4) is 0 Å². The predicted molar refractivity (Wildman–Crippen MR) is 273 cm³/mol. The fourth-order valence-corrected chi connectivity index (χ4v) is 9.87. The molecule has 1 aliphatic heterocycles. The van der Waals surface area contributed by atoms with Gasteiger partial charge in [-0.3, -0.25) is 9.47 Å². The summed E-state index contributed by atoms with van der Waals surface area (Å²) in [7, 11) is 0. The molecule has 5 heteroatoms. The van der Waals surface area contributed by atoms with Gasteiger partial charge in [-0.2, -0.15) is 0 Å². The number of rotatable bonds is 7. The Morgan fingerprint density at radius 3 is 1.55 bits per heavy atom. The molecule has 0 radical (unpaired) electrons. The largest absolute Gasteiger partial charge is 0.294 e. The Morgan fingerprint density at radius 2 is 0.894 bits per heavy atom. The van der Waals surface area contributed by atoms with Crippen LogP contribution in [-0.4, -0.2) is 19.5 Å². The van der Waals surface area contributed by atoms with Crippen LogP contribution in [0.5, 0.6) is 0 Å². The van der Waals surface area contributed by atoms with Crippen molar-refractivity contribution in [3.05, 3.63) is 237 Å². The summed E-state index contributed by atoms with van der Waals surface area (Å²) in [6, 6.07) is 81.9. The van der Waals surface area contributed by atoms with Crippen molar-refractivity contribution in [1.82, 2.24) is 19.5 Å². The van der Waals surface area contributed by atoms with Crippen molar-refractivity contribution < 1.29 is 0 Å². The average Bonchev–Trinajstić information content (AvgIpc) is 3.72. The molecule has 0 saturated carbocycles. The van der Waals surface area contributed by atoms with Crippen molar-refractivity contribution in [2.24, 2.45) is 0 Å². The summed E-state index contributed by atoms with van der Waals surface area (Å²) in [6.07, 6.45) is 1.87. The third kappa shape index (κ3) is 6.28. The second-order valence-corrected chi connectivity index (χ2v) is 16.8. The van der Waals surface area contributed by atoms with Gasteiger partial charge in [0.15, 0.2) is 0 Å². The Bertz CT molecular complexity index is 3670. The Kier molecular flexibility index (Phi) is 8.78. The lowest BCUT2D eigenvalue weighted by Gasteiger charge is -2.33. The highest BCUT2D eigenvalue weighted by Crippen LogP contribution is 2.53. The zero-order valence-electron chi connectivity index (χ0n) is 35.8. The van der Waals surface area contributed by atoms with Crippen LogP contribution in [0.2, 0.25) is 0 Å². The van der Waals surface area contributed by atoms with Crippen molar-refractivity contribution in [2.45, 2.75) is 0 Å². The molecule has 5 heterocycles. The van der Waals surface area contributed by atoms with Gasteiger partial charge in [-0.05, 0) is 99.9 Å². The number of anilines is 3. The van der Waals surface area contributed by atoms with Crippen LogP contribution < -0.4 is 4.90 Å². The standard InChI is InChI=1S/C61H39N5/c1-5-17-40(18-6-1)46-34-52(42-21-9-3-10-22-42)63-54(35-46)45-30-31-55-49(33-45)51-38-50-48-27-15-25-44-26-16-28-56(61(44)48)66(57(50)39-58(51)65(55)59-29-13-14-32-62-59)60-37-47(41-19-7-2-8-20-41)36-53(64-60)43-23-11-4-12-24-43/h1-39H. The summed E-state index contributed by atoms with van der Waals surface area (Å²) in [5.41, 5.74) is 17.0. The molecule has 308 valence electrons. The van der Waals surface area contributed by atoms with Gasteiger partial charge >= 0.3 is 0 Å². The first-order valence-corrected chi connectivity index (χ1v) is 22.3. The van der Waals surface area contributed by atoms with Gasteiger partial charge in [-0.15, -0.1) is 0 Å². The smallest absolute Gasteiger partial charge is 0.138 e. The minimum atomic E-state index is 0.846. The van der Waals surface area contributed by atoms with Crippen molar-refractivity contribution in [1.29, 1.82) is 0 Å². The Hall–Kier alpha value is -8.93. The number of pyridine rings is 3. The minimum absolute atomic E-state index is 0.846. The molecule has 0 amide bonds. The SMILES string of the molecule is c1ccc(-c2cc(-c3ccccc3)nc(-c3ccc4c(c3)c3cc5c(cc3n4-c3ccccn3)N(c3cc(-c4ccccc4)cc(-c4ccccc4)n3)c3cccc4cccc-5c34)c2)cc1. The first-order valence-electron chi connectivity index (χ1n) is 22.3. The summed E-state index contributed by atoms with van der Waals surface area (Å²) < 4.78 is 2.31. The number of fused-ring (bicyclic) bond motifs is 5. The maximum Gasteiger partial charge on any atom is 0.138 e. The molecule has 1 aliphatic rings. The summed E-state index contributed by atoms with van der Waals surface area (Å²) in [5, 5.41) is 4.63. The van der Waals surface area contributed by atoms with Gasteiger partial charge in [0.05, 0.1) is 39.5 Å². The molecule has 12 aromatic rings. The first-order chi connectivity index (χ1) is 32.7. The van der Waals surface area contributed by atoms with E-state index in [-0.39, 0.29) is 0 Å². The molecule has 66 heavy (non-hydrogen) atoms. The third-order valence-electron chi connectivity index (χ3n) is 12.9. The Labute approximate surface area is 382 Å². The van der Waals surface area contributed by atoms with Crippen LogP contribution in [0.4, 0.5) is 17.2 Å². The molecule has 0 fully saturated rings. The van der Waals surface area contributed by atoms with Crippen molar-refractivity contribution in [2.75, 3.05) is 4.90 Å². The van der Waals surface area contributed by atoms with Gasteiger partial charge in [0, 0.05) is 44.6 Å². The number of hydrogen-bond donors (Lipinski definition) is 0. The fraction of sp³-hybridized carbons (Fsp3) is 0. The number of benzene rings is 8. The van der Waals surface area contributed by atoms with Crippen molar-refractivity contribution in [3.63, 3.8) is 0 Å². The molecule has 0 bridgehead atoms. The molecule has 5 nitrogen and oxygen atoms in total.